The van der Waals surface area contributed by atoms with Crippen molar-refractivity contribution in [2.75, 3.05) is 18.6 Å². The monoisotopic (exact) mass is 349 g/mol. The van der Waals surface area contributed by atoms with Crippen LogP contribution in [0.5, 0.6) is 0 Å². The van der Waals surface area contributed by atoms with Crippen LogP contribution in [0.2, 0.25) is 0 Å². The van der Waals surface area contributed by atoms with Gasteiger partial charge in [-0.25, -0.2) is 4.79 Å². The Kier molecular flexibility index (Phi) is 10.6. The number of amides is 2. The number of carbonyl (C=O) groups excluding carboxylic acids is 2. The molecule has 0 saturated carbocycles. The van der Waals surface area contributed by atoms with Crippen LogP contribution in [0, 0.1) is 5.92 Å². The minimum atomic E-state index is -1.12. The molecule has 0 aromatic rings. The number of aliphatic carboxylic acids is 1. The van der Waals surface area contributed by atoms with Crippen molar-refractivity contribution in [1.82, 2.24) is 10.6 Å². The van der Waals surface area contributed by atoms with Crippen molar-refractivity contribution in [3.63, 3.8) is 0 Å². The molecule has 0 rings (SSSR count). The van der Waals surface area contributed by atoms with Gasteiger partial charge in [-0.15, -0.1) is 0 Å². The van der Waals surface area contributed by atoms with Crippen LogP contribution in [0.15, 0.2) is 0 Å². The van der Waals surface area contributed by atoms with E-state index in [9.17, 15) is 19.5 Å². The predicted octanol–water partition coefficient (Wildman–Crippen LogP) is -0.841. The summed E-state index contributed by atoms with van der Waals surface area (Å²) in [5.74, 6) is -1.97. The molecule has 0 aliphatic rings. The largest absolute Gasteiger partial charge is 0.480 e. The van der Waals surface area contributed by atoms with E-state index in [1.165, 1.54) is 11.8 Å². The topological polar surface area (TPSA) is 142 Å². The number of carboxylic acid groups (broad SMARTS) is 1. The van der Waals surface area contributed by atoms with Gasteiger partial charge in [0, 0.05) is 0 Å². The maximum Gasteiger partial charge on any atom is 0.326 e. The van der Waals surface area contributed by atoms with Gasteiger partial charge in [-0.2, -0.15) is 11.8 Å². The number of aliphatic hydroxyl groups excluding tert-OH is 1. The van der Waals surface area contributed by atoms with Crippen molar-refractivity contribution in [1.29, 1.82) is 0 Å². The second kappa shape index (κ2) is 11.3. The number of carbonyl (C=O) groups is 3. The highest BCUT2D eigenvalue weighted by Crippen LogP contribution is 2.09. The number of hydrogen-bond donors (Lipinski definition) is 5. The quantitative estimate of drug-likeness (QED) is 0.327. The Morgan fingerprint density at radius 3 is 2.26 bits per heavy atom. The number of nitrogens with one attached hydrogen (secondary N) is 2. The molecule has 4 atom stereocenters. The third-order valence-electron chi connectivity index (χ3n) is 3.55. The van der Waals surface area contributed by atoms with E-state index in [4.69, 9.17) is 10.8 Å². The molecule has 0 aliphatic heterocycles. The van der Waals surface area contributed by atoms with Gasteiger partial charge in [0.25, 0.3) is 0 Å². The molecule has 0 aromatic carbocycles. The molecular formula is C14H27N3O5S. The summed E-state index contributed by atoms with van der Waals surface area (Å²) in [6.45, 7) is 3.03. The molecule has 2 amide bonds. The van der Waals surface area contributed by atoms with Gasteiger partial charge in [-0.05, 0) is 24.3 Å². The lowest BCUT2D eigenvalue weighted by molar-refractivity contribution is -0.143. The lowest BCUT2D eigenvalue weighted by atomic mass is 9.98. The van der Waals surface area contributed by atoms with Crippen LogP contribution in [-0.4, -0.2) is 64.7 Å². The Morgan fingerprint density at radius 1 is 1.22 bits per heavy atom. The van der Waals surface area contributed by atoms with Crippen LogP contribution in [0.25, 0.3) is 0 Å². The molecule has 0 aromatic heterocycles. The van der Waals surface area contributed by atoms with E-state index in [0.29, 0.717) is 18.6 Å². The summed E-state index contributed by atoms with van der Waals surface area (Å²) in [6.07, 6.45) is 2.79. The zero-order valence-corrected chi connectivity index (χ0v) is 14.6. The smallest absolute Gasteiger partial charge is 0.326 e. The fourth-order valence-corrected chi connectivity index (χ4v) is 2.27. The summed E-state index contributed by atoms with van der Waals surface area (Å²) in [4.78, 5) is 35.4. The van der Waals surface area contributed by atoms with Gasteiger partial charge in [0.15, 0.2) is 0 Å². The molecule has 8 nitrogen and oxygen atoms in total. The third-order valence-corrected chi connectivity index (χ3v) is 4.20. The first-order valence-corrected chi connectivity index (χ1v) is 8.86. The van der Waals surface area contributed by atoms with Crippen LogP contribution in [0.4, 0.5) is 0 Å². The lowest BCUT2D eigenvalue weighted by Gasteiger charge is -2.25. The highest BCUT2D eigenvalue weighted by molar-refractivity contribution is 7.98. The van der Waals surface area contributed by atoms with Crippen molar-refractivity contribution in [3.05, 3.63) is 0 Å². The van der Waals surface area contributed by atoms with Crippen molar-refractivity contribution in [2.24, 2.45) is 11.7 Å². The molecule has 0 bridgehead atoms. The molecule has 23 heavy (non-hydrogen) atoms. The number of rotatable bonds is 11. The fourth-order valence-electron chi connectivity index (χ4n) is 1.80. The zero-order valence-electron chi connectivity index (χ0n) is 13.7. The summed E-state index contributed by atoms with van der Waals surface area (Å²) in [5.41, 5.74) is 5.42. The van der Waals surface area contributed by atoms with Crippen molar-refractivity contribution in [2.45, 2.75) is 44.8 Å². The summed E-state index contributed by atoms with van der Waals surface area (Å²) >= 11 is 1.50. The van der Waals surface area contributed by atoms with E-state index in [1.54, 1.807) is 6.92 Å². The first kappa shape index (κ1) is 21.7. The molecule has 0 heterocycles. The highest BCUT2D eigenvalue weighted by Gasteiger charge is 2.30. The first-order valence-electron chi connectivity index (χ1n) is 7.47. The maximum absolute atomic E-state index is 12.3. The van der Waals surface area contributed by atoms with Crippen LogP contribution in [0.1, 0.15) is 26.7 Å². The fraction of sp³-hybridized carbons (Fsp3) is 0.786. The normalized spacial score (nSPS) is 16.0. The van der Waals surface area contributed by atoms with Gasteiger partial charge in [0.2, 0.25) is 11.8 Å². The van der Waals surface area contributed by atoms with Crippen molar-refractivity contribution in [3.8, 4) is 0 Å². The van der Waals surface area contributed by atoms with E-state index in [0.717, 1.165) is 0 Å². The van der Waals surface area contributed by atoms with E-state index >= 15 is 0 Å². The second-order valence-electron chi connectivity index (χ2n) is 5.34. The summed E-state index contributed by atoms with van der Waals surface area (Å²) in [7, 11) is 0. The van der Waals surface area contributed by atoms with Crippen molar-refractivity contribution >= 4 is 29.5 Å². The Balaban J connectivity index is 4.97. The molecule has 6 N–H and O–H groups in total. The molecule has 0 fully saturated rings. The molecule has 0 saturated heterocycles. The second-order valence-corrected chi connectivity index (χ2v) is 6.33. The highest BCUT2D eigenvalue weighted by atomic mass is 32.2. The van der Waals surface area contributed by atoms with E-state index in [-0.39, 0.29) is 5.92 Å². The van der Waals surface area contributed by atoms with Gasteiger partial charge in [-0.1, -0.05) is 20.3 Å². The molecule has 0 spiro atoms. The van der Waals surface area contributed by atoms with Gasteiger partial charge in [0.05, 0.1) is 6.61 Å². The SMILES string of the molecule is CC[C@H](C)[C@H](NC(=O)[C@H](CCSC)NC(=O)[C@@H](N)CO)C(=O)O. The summed E-state index contributed by atoms with van der Waals surface area (Å²) < 4.78 is 0. The van der Waals surface area contributed by atoms with Gasteiger partial charge in [0.1, 0.15) is 18.1 Å². The molecular weight excluding hydrogens is 322 g/mol. The van der Waals surface area contributed by atoms with Crippen LogP contribution in [0.3, 0.4) is 0 Å². The zero-order chi connectivity index (χ0) is 18.0. The van der Waals surface area contributed by atoms with Gasteiger partial charge >= 0.3 is 5.97 Å². The van der Waals surface area contributed by atoms with Crippen LogP contribution < -0.4 is 16.4 Å². The van der Waals surface area contributed by atoms with E-state index in [1.807, 2.05) is 13.2 Å². The number of thioether (sulfide) groups is 1. The van der Waals surface area contributed by atoms with Crippen molar-refractivity contribution < 1.29 is 24.6 Å². The molecule has 0 aliphatic carbocycles. The molecule has 134 valence electrons. The first-order chi connectivity index (χ1) is 10.8. The molecule has 0 unspecified atom stereocenters. The molecule has 9 heteroatoms. The predicted molar refractivity (Wildman–Crippen MR) is 89.0 cm³/mol. The number of aliphatic hydroxyl groups is 1. The van der Waals surface area contributed by atoms with Gasteiger partial charge < -0.3 is 26.6 Å². The summed E-state index contributed by atoms with van der Waals surface area (Å²) in [5, 5.41) is 23.1. The average molecular weight is 349 g/mol. The Labute approximate surface area is 140 Å². The standard InChI is InChI=1S/C14H27N3O5S/c1-4-8(2)11(14(21)22)17-13(20)10(5-6-23-3)16-12(19)9(15)7-18/h8-11,18H,4-7,15H2,1-3H3,(H,16,19)(H,17,20)(H,21,22)/t8-,9-,10-,11-/m0/s1. The Hall–Kier alpha value is -1.32. The minimum Gasteiger partial charge on any atom is -0.480 e. The van der Waals surface area contributed by atoms with E-state index in [2.05, 4.69) is 10.6 Å². The average Bonchev–Trinajstić information content (AvgIpc) is 2.53. The third kappa shape index (κ3) is 7.67. The van der Waals surface area contributed by atoms with Crippen LogP contribution >= 0.6 is 11.8 Å². The minimum absolute atomic E-state index is 0.243. The lowest BCUT2D eigenvalue weighted by Crippen LogP contribution is -2.56. The Bertz CT molecular complexity index is 408. The summed E-state index contributed by atoms with van der Waals surface area (Å²) in [6, 6.07) is -3.03. The number of carboxylic acids is 1. The number of nitrogens with two attached hydrogens (primary N) is 1. The Morgan fingerprint density at radius 2 is 1.83 bits per heavy atom. The van der Waals surface area contributed by atoms with Gasteiger partial charge in [-0.3, -0.25) is 9.59 Å². The maximum atomic E-state index is 12.3. The van der Waals surface area contributed by atoms with Crippen LogP contribution in [-0.2, 0) is 14.4 Å². The molecule has 0 radical (unpaired) electrons. The number of hydrogen-bond acceptors (Lipinski definition) is 6. The van der Waals surface area contributed by atoms with E-state index < -0.39 is 42.5 Å².